The molecule has 4 heteroatoms. The maximum absolute atomic E-state index is 10.9. The van der Waals surface area contributed by atoms with Crippen LogP contribution in [-0.2, 0) is 6.42 Å². The van der Waals surface area contributed by atoms with E-state index in [0.717, 1.165) is 31.5 Å². The van der Waals surface area contributed by atoms with Gasteiger partial charge in [-0.15, -0.1) is 0 Å². The van der Waals surface area contributed by atoms with Crippen molar-refractivity contribution in [1.29, 1.82) is 0 Å². The van der Waals surface area contributed by atoms with Gasteiger partial charge in [-0.3, -0.25) is 0 Å². The first-order valence-corrected chi connectivity index (χ1v) is 7.18. The lowest BCUT2D eigenvalue weighted by atomic mass is 9.76. The number of rotatable bonds is 3. The van der Waals surface area contributed by atoms with E-state index in [9.17, 15) is 5.11 Å². The first-order valence-electron chi connectivity index (χ1n) is 6.42. The minimum absolute atomic E-state index is 0.265. The number of halogens is 2. The van der Waals surface area contributed by atoms with Crippen molar-refractivity contribution in [3.05, 3.63) is 33.8 Å². The molecule has 2 N–H and O–H groups in total. The van der Waals surface area contributed by atoms with Crippen molar-refractivity contribution < 1.29 is 5.11 Å². The van der Waals surface area contributed by atoms with E-state index >= 15 is 0 Å². The summed E-state index contributed by atoms with van der Waals surface area (Å²) in [6, 6.07) is 5.43. The highest BCUT2D eigenvalue weighted by molar-refractivity contribution is 6.33. The molecule has 1 saturated heterocycles. The molecule has 1 aromatic carbocycles. The van der Waals surface area contributed by atoms with E-state index in [0.29, 0.717) is 16.5 Å². The third-order valence-corrected chi connectivity index (χ3v) is 4.49. The van der Waals surface area contributed by atoms with Gasteiger partial charge in [-0.05, 0) is 43.1 Å². The average Bonchev–Trinajstić information content (AvgIpc) is 2.34. The van der Waals surface area contributed by atoms with E-state index in [-0.39, 0.29) is 5.92 Å². The lowest BCUT2D eigenvalue weighted by molar-refractivity contribution is -0.0413. The van der Waals surface area contributed by atoms with Gasteiger partial charge in [0.15, 0.2) is 0 Å². The molecule has 0 aliphatic carbocycles. The Bertz CT molecular complexity index is 424. The number of aliphatic hydroxyl groups is 1. The van der Waals surface area contributed by atoms with Gasteiger partial charge < -0.3 is 10.4 Å². The second-order valence-electron chi connectivity index (χ2n) is 5.08. The fourth-order valence-corrected chi connectivity index (χ4v) is 3.12. The summed E-state index contributed by atoms with van der Waals surface area (Å²) in [5.74, 6) is 0.265. The van der Waals surface area contributed by atoms with Crippen molar-refractivity contribution in [2.45, 2.75) is 31.8 Å². The Hall–Kier alpha value is -0.280. The Morgan fingerprint density at radius 2 is 2.22 bits per heavy atom. The van der Waals surface area contributed by atoms with Crippen LogP contribution in [0.2, 0.25) is 10.0 Å². The zero-order valence-electron chi connectivity index (χ0n) is 10.5. The Morgan fingerprint density at radius 1 is 1.44 bits per heavy atom. The first kappa shape index (κ1) is 14.1. The molecule has 1 fully saturated rings. The van der Waals surface area contributed by atoms with E-state index in [2.05, 4.69) is 12.2 Å². The highest BCUT2D eigenvalue weighted by Gasteiger charge is 2.38. The van der Waals surface area contributed by atoms with Crippen LogP contribution in [0.5, 0.6) is 0 Å². The van der Waals surface area contributed by atoms with Gasteiger partial charge in [0.2, 0.25) is 0 Å². The highest BCUT2D eigenvalue weighted by atomic mass is 35.5. The Morgan fingerprint density at radius 3 is 2.94 bits per heavy atom. The fourth-order valence-electron chi connectivity index (χ4n) is 2.74. The fraction of sp³-hybridized carbons (Fsp3) is 0.571. The maximum Gasteiger partial charge on any atom is 0.0740 e. The quantitative estimate of drug-likeness (QED) is 0.894. The van der Waals surface area contributed by atoms with Crippen LogP contribution < -0.4 is 5.32 Å². The normalized spacial score (nSPS) is 28.3. The molecular weight excluding hydrogens is 269 g/mol. The molecule has 0 saturated carbocycles. The van der Waals surface area contributed by atoms with Crippen LogP contribution in [0.15, 0.2) is 18.2 Å². The summed E-state index contributed by atoms with van der Waals surface area (Å²) in [7, 11) is 0. The summed E-state index contributed by atoms with van der Waals surface area (Å²) in [4.78, 5) is 0. The highest BCUT2D eigenvalue weighted by Crippen LogP contribution is 2.33. The second kappa shape index (κ2) is 5.79. The van der Waals surface area contributed by atoms with Gasteiger partial charge in [0.05, 0.1) is 5.60 Å². The lowest BCUT2D eigenvalue weighted by Crippen LogP contribution is -2.51. The number of nitrogens with one attached hydrogen (secondary N) is 1. The molecule has 18 heavy (non-hydrogen) atoms. The van der Waals surface area contributed by atoms with Crippen molar-refractivity contribution in [2.75, 3.05) is 13.1 Å². The van der Waals surface area contributed by atoms with E-state index in [1.807, 2.05) is 6.07 Å². The van der Waals surface area contributed by atoms with Gasteiger partial charge in [0.25, 0.3) is 0 Å². The molecule has 2 atom stereocenters. The molecule has 0 amide bonds. The molecule has 0 radical (unpaired) electrons. The van der Waals surface area contributed by atoms with Crippen molar-refractivity contribution in [2.24, 2.45) is 5.92 Å². The summed E-state index contributed by atoms with van der Waals surface area (Å²) >= 11 is 12.2. The van der Waals surface area contributed by atoms with E-state index in [4.69, 9.17) is 23.2 Å². The standard InChI is InChI=1S/C14H19Cl2NO/c1-2-11-9-17-6-5-14(11,18)8-10-7-12(15)3-4-13(10)16/h3-4,7,11,17-18H,2,5-6,8-9H2,1H3. The Kier molecular flexibility index (Phi) is 4.54. The van der Waals surface area contributed by atoms with Crippen LogP contribution in [0.25, 0.3) is 0 Å². The second-order valence-corrected chi connectivity index (χ2v) is 5.92. The largest absolute Gasteiger partial charge is 0.389 e. The third-order valence-electron chi connectivity index (χ3n) is 3.88. The maximum atomic E-state index is 10.9. The minimum atomic E-state index is -0.672. The van der Waals surface area contributed by atoms with Gasteiger partial charge in [0, 0.05) is 28.9 Å². The molecule has 2 unspecified atom stereocenters. The van der Waals surface area contributed by atoms with Gasteiger partial charge in [0.1, 0.15) is 0 Å². The summed E-state index contributed by atoms with van der Waals surface area (Å²) < 4.78 is 0. The molecule has 0 aromatic heterocycles. The van der Waals surface area contributed by atoms with Crippen molar-refractivity contribution in [3.63, 3.8) is 0 Å². The Balaban J connectivity index is 2.22. The number of hydrogen-bond acceptors (Lipinski definition) is 2. The molecular formula is C14H19Cl2NO. The number of piperidine rings is 1. The molecule has 1 aliphatic heterocycles. The van der Waals surface area contributed by atoms with Crippen molar-refractivity contribution >= 4 is 23.2 Å². The van der Waals surface area contributed by atoms with E-state index in [1.54, 1.807) is 12.1 Å². The van der Waals surface area contributed by atoms with Gasteiger partial charge >= 0.3 is 0 Å². The number of benzene rings is 1. The predicted octanol–water partition coefficient (Wildman–Crippen LogP) is 3.29. The molecule has 1 aliphatic rings. The topological polar surface area (TPSA) is 32.3 Å². The van der Waals surface area contributed by atoms with Gasteiger partial charge in [-0.1, -0.05) is 30.1 Å². The summed E-state index contributed by atoms with van der Waals surface area (Å²) in [5.41, 5.74) is 0.265. The average molecular weight is 288 g/mol. The summed E-state index contributed by atoms with van der Waals surface area (Å²) in [6.45, 7) is 3.83. The summed E-state index contributed by atoms with van der Waals surface area (Å²) in [5, 5.41) is 15.5. The third kappa shape index (κ3) is 3.00. The molecule has 0 bridgehead atoms. The van der Waals surface area contributed by atoms with E-state index < -0.39 is 5.60 Å². The minimum Gasteiger partial charge on any atom is -0.389 e. The van der Waals surface area contributed by atoms with Crippen LogP contribution in [0.3, 0.4) is 0 Å². The molecule has 100 valence electrons. The molecule has 1 heterocycles. The summed E-state index contributed by atoms with van der Waals surface area (Å²) in [6.07, 6.45) is 2.29. The Labute approximate surface area is 118 Å². The molecule has 1 aromatic rings. The van der Waals surface area contributed by atoms with Gasteiger partial charge in [-0.2, -0.15) is 0 Å². The first-order chi connectivity index (χ1) is 8.55. The van der Waals surface area contributed by atoms with Crippen molar-refractivity contribution in [3.8, 4) is 0 Å². The van der Waals surface area contributed by atoms with Crippen LogP contribution in [0, 0.1) is 5.92 Å². The number of hydrogen-bond donors (Lipinski definition) is 2. The zero-order chi connectivity index (χ0) is 13.2. The smallest absolute Gasteiger partial charge is 0.0740 e. The van der Waals surface area contributed by atoms with Gasteiger partial charge in [-0.25, -0.2) is 0 Å². The van der Waals surface area contributed by atoms with Crippen LogP contribution in [-0.4, -0.2) is 23.8 Å². The lowest BCUT2D eigenvalue weighted by Gasteiger charge is -2.40. The van der Waals surface area contributed by atoms with Crippen molar-refractivity contribution in [1.82, 2.24) is 5.32 Å². The monoisotopic (exact) mass is 287 g/mol. The molecule has 2 nitrogen and oxygen atoms in total. The predicted molar refractivity (Wildman–Crippen MR) is 76.4 cm³/mol. The molecule has 0 spiro atoms. The SMILES string of the molecule is CCC1CNCCC1(O)Cc1cc(Cl)ccc1Cl. The van der Waals surface area contributed by atoms with Crippen LogP contribution >= 0.6 is 23.2 Å². The van der Waals surface area contributed by atoms with Crippen LogP contribution in [0.1, 0.15) is 25.3 Å². The molecule has 2 rings (SSSR count). The van der Waals surface area contributed by atoms with Crippen LogP contribution in [0.4, 0.5) is 0 Å². The van der Waals surface area contributed by atoms with E-state index in [1.165, 1.54) is 0 Å². The zero-order valence-corrected chi connectivity index (χ0v) is 12.1.